The van der Waals surface area contributed by atoms with Crippen LogP contribution >= 0.6 is 0 Å². The molecule has 0 bridgehead atoms. The van der Waals surface area contributed by atoms with E-state index in [1.165, 1.54) is 18.5 Å². The molecule has 6 rings (SSSR count). The lowest BCUT2D eigenvalue weighted by Crippen LogP contribution is -2.29. The SMILES string of the molecule is COc1ccccc1Cn1ccc2c(O)c(C(=O)NCC(=O)O)ncc21.O=C(O)CNC(=O)c1ncc2c(ccn2Cc2ccccc2F)c1O. The average molecular weight is 699 g/mol. The fraction of sp³-hybridized carbons (Fsp3) is 0.143. The third kappa shape index (κ3) is 8.02. The van der Waals surface area contributed by atoms with Gasteiger partial charge in [0.2, 0.25) is 0 Å². The molecule has 2 aromatic carbocycles. The first-order valence-electron chi connectivity index (χ1n) is 15.2. The number of aromatic nitrogens is 4. The van der Waals surface area contributed by atoms with Gasteiger partial charge in [0.1, 0.15) is 24.7 Å². The van der Waals surface area contributed by atoms with E-state index >= 15 is 0 Å². The van der Waals surface area contributed by atoms with Crippen molar-refractivity contribution in [3.05, 3.63) is 114 Å². The van der Waals surface area contributed by atoms with E-state index in [4.69, 9.17) is 14.9 Å². The smallest absolute Gasteiger partial charge is 0.322 e. The van der Waals surface area contributed by atoms with Crippen molar-refractivity contribution in [1.82, 2.24) is 29.7 Å². The Morgan fingerprint density at radius 3 is 1.63 bits per heavy atom. The molecule has 6 aromatic rings. The Labute approximate surface area is 288 Å². The van der Waals surface area contributed by atoms with Crippen molar-refractivity contribution in [1.29, 1.82) is 0 Å². The number of carbonyl (C=O) groups excluding carboxylic acids is 2. The van der Waals surface area contributed by atoms with Gasteiger partial charge in [0, 0.05) is 34.3 Å². The largest absolute Gasteiger partial charge is 0.505 e. The summed E-state index contributed by atoms with van der Waals surface area (Å²) in [5.74, 6) is -4.15. The third-order valence-corrected chi connectivity index (χ3v) is 7.67. The minimum atomic E-state index is -1.20. The van der Waals surface area contributed by atoms with Crippen LogP contribution in [0.25, 0.3) is 21.8 Å². The molecule has 0 saturated heterocycles. The second-order valence-corrected chi connectivity index (χ2v) is 11.0. The van der Waals surface area contributed by atoms with Crippen molar-refractivity contribution in [2.24, 2.45) is 0 Å². The number of nitrogens with one attached hydrogen (secondary N) is 2. The fourth-order valence-corrected chi connectivity index (χ4v) is 5.20. The number of carbonyl (C=O) groups is 4. The zero-order valence-corrected chi connectivity index (χ0v) is 26.9. The molecule has 262 valence electrons. The van der Waals surface area contributed by atoms with Gasteiger partial charge in [0.15, 0.2) is 22.9 Å². The molecule has 6 N–H and O–H groups in total. The summed E-state index contributed by atoms with van der Waals surface area (Å²) in [6, 6.07) is 17.2. The first-order chi connectivity index (χ1) is 24.5. The number of carboxylic acid groups (broad SMARTS) is 2. The van der Waals surface area contributed by atoms with Gasteiger partial charge in [-0.15, -0.1) is 0 Å². The molecule has 0 aliphatic carbocycles. The molecule has 0 saturated carbocycles. The number of para-hydroxylation sites is 1. The molecule has 0 fully saturated rings. The number of fused-ring (bicyclic) bond motifs is 2. The topological polar surface area (TPSA) is 218 Å². The Morgan fingerprint density at radius 1 is 0.706 bits per heavy atom. The van der Waals surface area contributed by atoms with Gasteiger partial charge in [0.05, 0.1) is 43.6 Å². The van der Waals surface area contributed by atoms with Gasteiger partial charge in [-0.25, -0.2) is 14.4 Å². The van der Waals surface area contributed by atoms with E-state index in [0.717, 1.165) is 11.3 Å². The molecule has 0 atom stereocenters. The van der Waals surface area contributed by atoms with Crippen LogP contribution in [0, 0.1) is 5.82 Å². The Bertz CT molecular complexity index is 2270. The Balaban J connectivity index is 0.000000198. The first-order valence-corrected chi connectivity index (χ1v) is 15.2. The highest BCUT2D eigenvalue weighted by molar-refractivity contribution is 6.02. The molecule has 15 nitrogen and oxygen atoms in total. The van der Waals surface area contributed by atoms with Crippen LogP contribution in [0.4, 0.5) is 4.39 Å². The number of methoxy groups -OCH3 is 1. The number of ether oxygens (including phenoxy) is 1. The van der Waals surface area contributed by atoms with Crippen LogP contribution in [0.3, 0.4) is 0 Å². The lowest BCUT2D eigenvalue weighted by atomic mass is 10.2. The van der Waals surface area contributed by atoms with Crippen LogP contribution in [0.15, 0.2) is 85.5 Å². The zero-order chi connectivity index (χ0) is 36.7. The second kappa shape index (κ2) is 15.5. The summed E-state index contributed by atoms with van der Waals surface area (Å²) in [5, 5.41) is 43.0. The van der Waals surface area contributed by atoms with Crippen LogP contribution in [0.2, 0.25) is 0 Å². The van der Waals surface area contributed by atoms with Crippen molar-refractivity contribution < 1.29 is 48.7 Å². The standard InChI is InChI=1S/C18H17N3O5.C17H14FN3O4/c1-26-14-5-3-2-4-11(14)10-21-7-6-12-13(21)8-19-16(17(12)24)18(25)20-9-15(22)23;18-12-4-2-1-3-10(12)9-21-6-5-11-13(21)7-19-15(16(11)24)17(25)20-8-14(22)23/h2-8,24H,9-10H2,1H3,(H,20,25)(H,22,23);1-7,24H,8-9H2,(H,20,25)(H,22,23). The zero-order valence-electron chi connectivity index (χ0n) is 26.9. The highest BCUT2D eigenvalue weighted by Crippen LogP contribution is 2.30. The molecule has 0 radical (unpaired) electrons. The number of benzene rings is 2. The molecule has 4 aromatic heterocycles. The van der Waals surface area contributed by atoms with Crippen LogP contribution in [0.1, 0.15) is 32.1 Å². The molecule has 0 aliphatic heterocycles. The highest BCUT2D eigenvalue weighted by Gasteiger charge is 2.20. The minimum Gasteiger partial charge on any atom is -0.505 e. The summed E-state index contributed by atoms with van der Waals surface area (Å²) in [4.78, 5) is 52.8. The van der Waals surface area contributed by atoms with Crippen LogP contribution in [-0.4, -0.2) is 83.5 Å². The van der Waals surface area contributed by atoms with Crippen molar-refractivity contribution in [3.8, 4) is 17.2 Å². The van der Waals surface area contributed by atoms with Crippen molar-refractivity contribution in [2.45, 2.75) is 13.1 Å². The Morgan fingerprint density at radius 2 is 1.16 bits per heavy atom. The molecule has 0 aliphatic rings. The summed E-state index contributed by atoms with van der Waals surface area (Å²) >= 11 is 0. The Kier molecular flexibility index (Phi) is 10.7. The van der Waals surface area contributed by atoms with Crippen molar-refractivity contribution in [3.63, 3.8) is 0 Å². The molecular formula is C35H31FN6O9. The predicted molar refractivity (Wildman–Crippen MR) is 180 cm³/mol. The monoisotopic (exact) mass is 698 g/mol. The number of rotatable bonds is 11. The normalized spacial score (nSPS) is 10.7. The van der Waals surface area contributed by atoms with Crippen molar-refractivity contribution >= 4 is 45.6 Å². The van der Waals surface area contributed by atoms with Gasteiger partial charge in [-0.05, 0) is 24.3 Å². The van der Waals surface area contributed by atoms with Gasteiger partial charge < -0.3 is 44.9 Å². The number of hydrogen-bond donors (Lipinski definition) is 6. The molecule has 0 spiro atoms. The molecule has 16 heteroatoms. The lowest BCUT2D eigenvalue weighted by molar-refractivity contribution is -0.136. The number of aromatic hydroxyl groups is 2. The van der Waals surface area contributed by atoms with E-state index in [1.807, 2.05) is 28.8 Å². The molecule has 0 unspecified atom stereocenters. The van der Waals surface area contributed by atoms with Gasteiger partial charge >= 0.3 is 11.9 Å². The maximum absolute atomic E-state index is 13.8. The van der Waals surface area contributed by atoms with Gasteiger partial charge in [-0.2, -0.15) is 0 Å². The number of hydrogen-bond acceptors (Lipinski definition) is 9. The molecule has 4 heterocycles. The van der Waals surface area contributed by atoms with Gasteiger partial charge in [-0.1, -0.05) is 36.4 Å². The number of amides is 2. The number of nitrogens with zero attached hydrogens (tertiary/aromatic N) is 4. The van der Waals surface area contributed by atoms with Gasteiger partial charge in [-0.3, -0.25) is 19.2 Å². The van der Waals surface area contributed by atoms with E-state index in [1.54, 1.807) is 54.4 Å². The highest BCUT2D eigenvalue weighted by atomic mass is 19.1. The fourth-order valence-electron chi connectivity index (χ4n) is 5.20. The van der Waals surface area contributed by atoms with Crippen molar-refractivity contribution in [2.75, 3.05) is 20.2 Å². The number of pyridine rings is 2. The van der Waals surface area contributed by atoms with Crippen LogP contribution < -0.4 is 15.4 Å². The quantitative estimate of drug-likeness (QED) is 0.115. The number of halogens is 1. The predicted octanol–water partition coefficient (Wildman–Crippen LogP) is 3.36. The van der Waals surface area contributed by atoms with Crippen LogP contribution in [0.5, 0.6) is 17.2 Å². The molecule has 51 heavy (non-hydrogen) atoms. The minimum absolute atomic E-state index is 0.214. The van der Waals surface area contributed by atoms with Gasteiger partial charge in [0.25, 0.3) is 11.8 Å². The molecular weight excluding hydrogens is 667 g/mol. The van der Waals surface area contributed by atoms with E-state index in [2.05, 4.69) is 20.6 Å². The molecule has 2 amide bonds. The third-order valence-electron chi connectivity index (χ3n) is 7.67. The summed E-state index contributed by atoms with van der Waals surface area (Å²) in [6.45, 7) is -0.389. The van der Waals surface area contributed by atoms with E-state index < -0.39 is 36.8 Å². The summed E-state index contributed by atoms with van der Waals surface area (Å²) < 4.78 is 22.7. The Hall–Kier alpha value is -6.97. The summed E-state index contributed by atoms with van der Waals surface area (Å²) in [6.07, 6.45) is 6.28. The first kappa shape index (κ1) is 35.3. The lowest BCUT2D eigenvalue weighted by Gasteiger charge is -2.11. The number of aliphatic carboxylic acids is 2. The second-order valence-electron chi connectivity index (χ2n) is 11.0. The van der Waals surface area contributed by atoms with Crippen LogP contribution in [-0.2, 0) is 22.7 Å². The maximum Gasteiger partial charge on any atom is 0.322 e. The van der Waals surface area contributed by atoms with E-state index in [0.29, 0.717) is 33.9 Å². The average Bonchev–Trinajstić information content (AvgIpc) is 3.73. The van der Waals surface area contributed by atoms with E-state index in [-0.39, 0.29) is 35.2 Å². The summed E-state index contributed by atoms with van der Waals surface area (Å²) in [5.41, 5.74) is 2.11. The summed E-state index contributed by atoms with van der Waals surface area (Å²) in [7, 11) is 1.60. The number of carboxylic acids is 2. The maximum atomic E-state index is 13.8. The van der Waals surface area contributed by atoms with E-state index in [9.17, 15) is 33.8 Å².